The Bertz CT molecular complexity index is 1090. The summed E-state index contributed by atoms with van der Waals surface area (Å²) in [4.78, 5) is 33.0. The maximum absolute atomic E-state index is 12.6. The van der Waals surface area contributed by atoms with Gasteiger partial charge in [0, 0.05) is 11.9 Å². The van der Waals surface area contributed by atoms with E-state index in [2.05, 4.69) is 26.7 Å². The summed E-state index contributed by atoms with van der Waals surface area (Å²) in [5, 5.41) is 14.6. The first kappa shape index (κ1) is 19.5. The summed E-state index contributed by atoms with van der Waals surface area (Å²) in [6.07, 6.45) is 1.44. The van der Waals surface area contributed by atoms with E-state index in [1.54, 1.807) is 55.5 Å². The molecule has 0 atom stereocenters. The van der Waals surface area contributed by atoms with Gasteiger partial charge in [0.15, 0.2) is 0 Å². The number of para-hydroxylation sites is 1. The predicted molar refractivity (Wildman–Crippen MR) is 107 cm³/mol. The fourth-order valence-corrected chi connectivity index (χ4v) is 2.51. The van der Waals surface area contributed by atoms with Gasteiger partial charge in [-0.2, -0.15) is 5.26 Å². The van der Waals surface area contributed by atoms with Crippen LogP contribution in [-0.4, -0.2) is 28.5 Å². The smallest absolute Gasteiger partial charge is 0.340 e. The number of amides is 1. The molecule has 1 aromatic heterocycles. The number of rotatable bonds is 6. The molecule has 8 heteroatoms. The zero-order valence-electron chi connectivity index (χ0n) is 15.5. The highest BCUT2D eigenvalue weighted by atomic mass is 16.5. The van der Waals surface area contributed by atoms with Gasteiger partial charge in [-0.1, -0.05) is 18.2 Å². The molecule has 0 aliphatic heterocycles. The Balaban J connectivity index is 1.78. The highest BCUT2D eigenvalue weighted by Gasteiger charge is 2.16. The fraction of sp³-hybridized carbons (Fsp3) is 0.0952. The van der Waals surface area contributed by atoms with E-state index in [1.165, 1.54) is 12.3 Å². The van der Waals surface area contributed by atoms with Gasteiger partial charge in [-0.25, -0.2) is 14.8 Å². The van der Waals surface area contributed by atoms with E-state index in [4.69, 9.17) is 10.00 Å². The Morgan fingerprint density at radius 1 is 1.14 bits per heavy atom. The summed E-state index contributed by atoms with van der Waals surface area (Å²) >= 11 is 0. The van der Waals surface area contributed by atoms with Crippen LogP contribution in [0.25, 0.3) is 0 Å². The molecule has 3 rings (SSSR count). The predicted octanol–water partition coefficient (Wildman–Crippen LogP) is 3.52. The van der Waals surface area contributed by atoms with Crippen molar-refractivity contribution in [3.63, 3.8) is 0 Å². The second kappa shape index (κ2) is 9.10. The van der Waals surface area contributed by atoms with Gasteiger partial charge in [0.25, 0.3) is 5.91 Å². The maximum atomic E-state index is 12.6. The summed E-state index contributed by atoms with van der Waals surface area (Å²) in [6.45, 7) is 1.94. The van der Waals surface area contributed by atoms with E-state index in [-0.39, 0.29) is 23.8 Å². The number of hydrogen-bond donors (Lipinski definition) is 2. The average molecular weight is 387 g/mol. The first-order valence-corrected chi connectivity index (χ1v) is 8.78. The number of carbonyl (C=O) groups excluding carboxylic acids is 2. The van der Waals surface area contributed by atoms with E-state index in [0.717, 1.165) is 0 Å². The van der Waals surface area contributed by atoms with Gasteiger partial charge >= 0.3 is 5.97 Å². The van der Waals surface area contributed by atoms with Gasteiger partial charge in [-0.05, 0) is 43.3 Å². The van der Waals surface area contributed by atoms with Crippen molar-refractivity contribution in [1.82, 2.24) is 9.97 Å². The maximum Gasteiger partial charge on any atom is 0.340 e. The van der Waals surface area contributed by atoms with Crippen LogP contribution in [0.5, 0.6) is 0 Å². The molecule has 0 spiro atoms. The molecule has 0 saturated carbocycles. The lowest BCUT2D eigenvalue weighted by molar-refractivity contribution is 0.0527. The van der Waals surface area contributed by atoms with Crippen molar-refractivity contribution in [2.24, 2.45) is 0 Å². The first-order chi connectivity index (χ1) is 14.1. The van der Waals surface area contributed by atoms with Crippen LogP contribution in [0, 0.1) is 11.3 Å². The van der Waals surface area contributed by atoms with Crippen LogP contribution in [0.3, 0.4) is 0 Å². The lowest BCUT2D eigenvalue weighted by Crippen LogP contribution is -2.17. The van der Waals surface area contributed by atoms with E-state index in [9.17, 15) is 9.59 Å². The van der Waals surface area contributed by atoms with Crippen molar-refractivity contribution >= 4 is 29.2 Å². The molecule has 0 fully saturated rings. The average Bonchev–Trinajstić information content (AvgIpc) is 2.74. The number of nitrogens with one attached hydrogen (secondary N) is 2. The number of benzene rings is 2. The third kappa shape index (κ3) is 4.93. The summed E-state index contributed by atoms with van der Waals surface area (Å²) < 4.78 is 5.01. The number of aromatic nitrogens is 2. The minimum Gasteiger partial charge on any atom is -0.462 e. The van der Waals surface area contributed by atoms with E-state index < -0.39 is 11.9 Å². The summed E-state index contributed by atoms with van der Waals surface area (Å²) in [5.74, 6) is -0.824. The van der Waals surface area contributed by atoms with E-state index >= 15 is 0 Å². The number of nitrogens with zero attached hydrogens (tertiary/aromatic N) is 3. The lowest BCUT2D eigenvalue weighted by Gasteiger charge is -2.10. The van der Waals surface area contributed by atoms with Gasteiger partial charge in [0.2, 0.25) is 5.95 Å². The molecule has 144 valence electrons. The van der Waals surface area contributed by atoms with Crippen molar-refractivity contribution < 1.29 is 14.3 Å². The number of esters is 1. The van der Waals surface area contributed by atoms with Crippen LogP contribution in [-0.2, 0) is 4.74 Å². The Kier molecular flexibility index (Phi) is 6.12. The minimum absolute atomic E-state index is 0.109. The molecule has 2 aromatic carbocycles. The molecule has 0 aliphatic rings. The van der Waals surface area contributed by atoms with Crippen LogP contribution in [0.15, 0.2) is 60.8 Å². The van der Waals surface area contributed by atoms with Crippen molar-refractivity contribution in [3.05, 3.63) is 77.6 Å². The van der Waals surface area contributed by atoms with Crippen molar-refractivity contribution in [3.8, 4) is 6.07 Å². The fourth-order valence-electron chi connectivity index (χ4n) is 2.51. The van der Waals surface area contributed by atoms with Crippen molar-refractivity contribution in [1.29, 1.82) is 5.26 Å². The summed E-state index contributed by atoms with van der Waals surface area (Å²) in [6, 6.07) is 16.9. The number of nitriles is 1. The topological polar surface area (TPSA) is 117 Å². The molecule has 29 heavy (non-hydrogen) atoms. The van der Waals surface area contributed by atoms with Crippen LogP contribution in [0.2, 0.25) is 0 Å². The van der Waals surface area contributed by atoms with Gasteiger partial charge in [-0.15, -0.1) is 0 Å². The highest BCUT2D eigenvalue weighted by molar-refractivity contribution is 6.07. The quantitative estimate of drug-likeness (QED) is 0.621. The molecular formula is C21H17N5O3. The van der Waals surface area contributed by atoms with Gasteiger partial charge in [-0.3, -0.25) is 4.79 Å². The molecule has 1 heterocycles. The molecule has 1 amide bonds. The minimum atomic E-state index is -0.522. The Morgan fingerprint density at radius 3 is 2.76 bits per heavy atom. The van der Waals surface area contributed by atoms with Gasteiger partial charge in [0.05, 0.1) is 29.5 Å². The molecule has 0 saturated heterocycles. The summed E-state index contributed by atoms with van der Waals surface area (Å²) in [7, 11) is 0. The molecule has 2 N–H and O–H groups in total. The Morgan fingerprint density at radius 2 is 1.97 bits per heavy atom. The third-order valence-corrected chi connectivity index (χ3v) is 3.81. The summed E-state index contributed by atoms with van der Waals surface area (Å²) in [5.41, 5.74) is 1.79. The van der Waals surface area contributed by atoms with E-state index in [0.29, 0.717) is 16.9 Å². The lowest BCUT2D eigenvalue weighted by atomic mass is 10.1. The third-order valence-electron chi connectivity index (χ3n) is 3.81. The zero-order chi connectivity index (χ0) is 20.6. The first-order valence-electron chi connectivity index (χ1n) is 8.78. The van der Waals surface area contributed by atoms with Crippen LogP contribution < -0.4 is 10.6 Å². The second-order valence-corrected chi connectivity index (χ2v) is 5.80. The SMILES string of the molecule is CCOC(=O)c1ccccc1NC(=O)c1ccnc(Nc2cccc(C#N)c2)n1. The molecule has 0 radical (unpaired) electrons. The highest BCUT2D eigenvalue weighted by Crippen LogP contribution is 2.18. The van der Waals surface area contributed by atoms with Crippen LogP contribution in [0.4, 0.5) is 17.3 Å². The molecule has 0 bridgehead atoms. The monoisotopic (exact) mass is 387 g/mol. The van der Waals surface area contributed by atoms with E-state index in [1.807, 2.05) is 0 Å². The molecule has 0 unspecified atom stereocenters. The standard InChI is InChI=1S/C21H17N5O3/c1-2-29-20(28)16-8-3-4-9-17(16)25-19(27)18-10-11-23-21(26-18)24-15-7-5-6-14(12-15)13-22/h3-12H,2H2,1H3,(H,25,27)(H,23,24,26). The number of anilines is 3. The molecular weight excluding hydrogens is 370 g/mol. The van der Waals surface area contributed by atoms with Crippen LogP contribution in [0.1, 0.15) is 33.3 Å². The Hall–Kier alpha value is -4.25. The van der Waals surface area contributed by atoms with Gasteiger partial charge in [0.1, 0.15) is 5.69 Å². The molecule has 0 aliphatic carbocycles. The second-order valence-electron chi connectivity index (χ2n) is 5.80. The molecule has 8 nitrogen and oxygen atoms in total. The Labute approximate surface area is 167 Å². The zero-order valence-corrected chi connectivity index (χ0v) is 15.5. The number of hydrogen-bond acceptors (Lipinski definition) is 7. The van der Waals surface area contributed by atoms with Gasteiger partial charge < -0.3 is 15.4 Å². The number of carbonyl (C=O) groups is 2. The largest absolute Gasteiger partial charge is 0.462 e. The molecule has 3 aromatic rings. The normalized spacial score (nSPS) is 9.93. The van der Waals surface area contributed by atoms with Crippen molar-refractivity contribution in [2.75, 3.05) is 17.2 Å². The number of ether oxygens (including phenoxy) is 1. The van der Waals surface area contributed by atoms with Crippen LogP contribution >= 0.6 is 0 Å². The van der Waals surface area contributed by atoms with Crippen molar-refractivity contribution in [2.45, 2.75) is 6.92 Å².